The Morgan fingerprint density at radius 1 is 0.672 bits per heavy atom. The molecular weight excluding hydrogens is 821 g/mol. The van der Waals surface area contributed by atoms with Gasteiger partial charge in [0.25, 0.3) is 5.91 Å². The van der Waals surface area contributed by atoms with Crippen LogP contribution in [0.4, 0.5) is 25.0 Å². The van der Waals surface area contributed by atoms with Crippen LogP contribution < -0.4 is 15.5 Å². The predicted octanol–water partition coefficient (Wildman–Crippen LogP) is 10.2. The number of imidazole rings is 1. The summed E-state index contributed by atoms with van der Waals surface area (Å²) in [6, 6.07) is 12.9. The van der Waals surface area contributed by atoms with E-state index < -0.39 is 52.4 Å². The maximum absolute atomic E-state index is 14.2. The third kappa shape index (κ3) is 15.1. The summed E-state index contributed by atoms with van der Waals surface area (Å²) in [5.41, 5.74) is -1.20. The standard InChI is InChI=1S/C48H68N6O10/c1-16-17-21-35-52-36-37(53(35)29-48(14,15)64-43(59)63-47(11,12)13)33-23-22-31(26-30-19-18-20-32(27-30)39(55)49-24-25-50-40(56)60-44(2,3)4)28-34(33)51-38(36)54(41(57)61-45(5,6)7)42(58)62-46(8,9)10/h18-20,22-23,27-28H,16-17,21,24-26,29H2,1-15H3,(H,49,55)(H,50,56). The molecule has 0 radical (unpaired) electrons. The van der Waals surface area contributed by atoms with Crippen LogP contribution in [0.5, 0.6) is 0 Å². The molecule has 0 saturated heterocycles. The molecule has 16 heteroatoms. The van der Waals surface area contributed by atoms with Crippen molar-refractivity contribution < 1.29 is 47.7 Å². The second kappa shape index (κ2) is 19.9. The minimum absolute atomic E-state index is 0.0923. The van der Waals surface area contributed by atoms with Crippen molar-refractivity contribution in [3.8, 4) is 0 Å². The van der Waals surface area contributed by atoms with Gasteiger partial charge < -0.3 is 38.9 Å². The van der Waals surface area contributed by atoms with E-state index in [4.69, 9.17) is 33.7 Å². The molecule has 0 fully saturated rings. The lowest BCUT2D eigenvalue weighted by molar-refractivity contribution is -0.0582. The Labute approximate surface area is 377 Å². The third-order valence-electron chi connectivity index (χ3n) is 8.88. The average molecular weight is 889 g/mol. The molecule has 4 aromatic rings. The number of nitrogens with zero attached hydrogens (tertiary/aromatic N) is 4. The molecule has 0 bridgehead atoms. The van der Waals surface area contributed by atoms with Crippen LogP contribution in [0, 0.1) is 0 Å². The number of benzene rings is 2. The number of unbranched alkanes of at least 4 members (excludes halogenated alkanes) is 1. The molecule has 350 valence electrons. The van der Waals surface area contributed by atoms with Crippen molar-refractivity contribution in [2.75, 3.05) is 18.0 Å². The number of hydrogen-bond donors (Lipinski definition) is 2. The van der Waals surface area contributed by atoms with Gasteiger partial charge in [-0.3, -0.25) is 4.79 Å². The number of carbonyl (C=O) groups excluding carboxylic acids is 5. The largest absolute Gasteiger partial charge is 0.509 e. The van der Waals surface area contributed by atoms with Gasteiger partial charge in [-0.15, -0.1) is 0 Å². The van der Waals surface area contributed by atoms with Gasteiger partial charge in [-0.25, -0.2) is 29.1 Å². The van der Waals surface area contributed by atoms with Gasteiger partial charge in [0.1, 0.15) is 39.3 Å². The fourth-order valence-electron chi connectivity index (χ4n) is 6.51. The first-order chi connectivity index (χ1) is 29.4. The van der Waals surface area contributed by atoms with Gasteiger partial charge in [-0.05, 0) is 139 Å². The number of imide groups is 1. The van der Waals surface area contributed by atoms with E-state index in [1.165, 1.54) is 0 Å². The summed E-state index contributed by atoms with van der Waals surface area (Å²) in [6.45, 7) is 26.9. The van der Waals surface area contributed by atoms with E-state index in [1.54, 1.807) is 115 Å². The fraction of sp³-hybridized carbons (Fsp3) is 0.562. The lowest BCUT2D eigenvalue weighted by Crippen LogP contribution is -2.44. The van der Waals surface area contributed by atoms with Gasteiger partial charge in [0.2, 0.25) is 0 Å². The van der Waals surface area contributed by atoms with E-state index in [9.17, 15) is 24.0 Å². The van der Waals surface area contributed by atoms with E-state index >= 15 is 0 Å². The van der Waals surface area contributed by atoms with Crippen LogP contribution in [0.25, 0.3) is 21.9 Å². The van der Waals surface area contributed by atoms with E-state index in [0.717, 1.165) is 28.9 Å². The van der Waals surface area contributed by atoms with Crippen molar-refractivity contribution in [1.29, 1.82) is 0 Å². The monoisotopic (exact) mass is 888 g/mol. The molecule has 2 aromatic heterocycles. The van der Waals surface area contributed by atoms with Crippen molar-refractivity contribution in [3.05, 3.63) is 65.0 Å². The van der Waals surface area contributed by atoms with Gasteiger partial charge in [-0.1, -0.05) is 37.6 Å². The molecule has 0 aliphatic rings. The number of hydrogen-bond acceptors (Lipinski definition) is 12. The number of carbonyl (C=O) groups is 5. The molecule has 0 spiro atoms. The van der Waals surface area contributed by atoms with Crippen LogP contribution in [0.1, 0.15) is 144 Å². The quantitative estimate of drug-likeness (QED) is 0.0735. The zero-order valence-corrected chi connectivity index (χ0v) is 40.4. The van der Waals surface area contributed by atoms with Gasteiger partial charge in [0, 0.05) is 30.5 Å². The van der Waals surface area contributed by atoms with Crippen molar-refractivity contribution in [3.63, 3.8) is 0 Å². The summed E-state index contributed by atoms with van der Waals surface area (Å²) in [5, 5.41) is 6.12. The zero-order chi connectivity index (χ0) is 48.0. The van der Waals surface area contributed by atoms with E-state index in [2.05, 4.69) is 17.6 Å². The first-order valence-corrected chi connectivity index (χ1v) is 21.8. The smallest absolute Gasteiger partial charge is 0.444 e. The van der Waals surface area contributed by atoms with Gasteiger partial charge in [0.15, 0.2) is 5.82 Å². The molecule has 4 rings (SSSR count). The molecular formula is C48H68N6O10. The summed E-state index contributed by atoms with van der Waals surface area (Å²) in [4.78, 5) is 77.3. The highest BCUT2D eigenvalue weighted by atomic mass is 16.7. The Hall–Kier alpha value is -5.93. The Balaban J connectivity index is 1.86. The lowest BCUT2D eigenvalue weighted by atomic mass is 10.0. The number of fused-ring (bicyclic) bond motifs is 3. The van der Waals surface area contributed by atoms with Crippen molar-refractivity contribution in [2.45, 2.75) is 164 Å². The lowest BCUT2D eigenvalue weighted by Gasteiger charge is -2.29. The maximum Gasteiger partial charge on any atom is 0.509 e. The van der Waals surface area contributed by atoms with Crippen LogP contribution >= 0.6 is 0 Å². The number of ether oxygens (including phenoxy) is 5. The predicted molar refractivity (Wildman–Crippen MR) is 246 cm³/mol. The number of pyridine rings is 1. The van der Waals surface area contributed by atoms with E-state index in [0.29, 0.717) is 40.6 Å². The number of rotatable bonds is 13. The molecule has 16 nitrogen and oxygen atoms in total. The Morgan fingerprint density at radius 3 is 1.83 bits per heavy atom. The van der Waals surface area contributed by atoms with Crippen LogP contribution in [0.3, 0.4) is 0 Å². The summed E-state index contributed by atoms with van der Waals surface area (Å²) >= 11 is 0. The highest BCUT2D eigenvalue weighted by Crippen LogP contribution is 2.36. The molecule has 0 unspecified atom stereocenters. The number of alkyl carbamates (subject to hydrolysis) is 1. The molecule has 0 saturated carbocycles. The minimum atomic E-state index is -1.12. The molecule has 64 heavy (non-hydrogen) atoms. The van der Waals surface area contributed by atoms with Gasteiger partial charge in [0.05, 0.1) is 17.6 Å². The summed E-state index contributed by atoms with van der Waals surface area (Å²) in [7, 11) is 0. The first-order valence-electron chi connectivity index (χ1n) is 21.8. The maximum atomic E-state index is 14.2. The van der Waals surface area contributed by atoms with E-state index in [1.807, 2.05) is 28.8 Å². The Kier molecular flexibility index (Phi) is 15.7. The molecule has 2 N–H and O–H groups in total. The van der Waals surface area contributed by atoms with Crippen LogP contribution in [-0.2, 0) is 43.1 Å². The Bertz CT molecular complexity index is 2310. The van der Waals surface area contributed by atoms with Crippen molar-refractivity contribution in [2.24, 2.45) is 0 Å². The SMILES string of the molecule is CCCCc1nc2c(N(C(=O)OC(C)(C)C)C(=O)OC(C)(C)C)nc3cc(Cc4cccc(C(=O)NCCNC(=O)OC(C)(C)C)c4)ccc3c2n1CC(C)(C)OC(=O)OC(C)(C)C. The summed E-state index contributed by atoms with van der Waals surface area (Å²) in [6.07, 6.45) is -0.856. The molecule has 0 aliphatic heterocycles. The minimum Gasteiger partial charge on any atom is -0.444 e. The molecule has 4 amide bonds. The average Bonchev–Trinajstić information content (AvgIpc) is 3.46. The number of anilines is 1. The fourth-order valence-corrected chi connectivity index (χ4v) is 6.51. The number of nitrogens with one attached hydrogen (secondary N) is 2. The number of amides is 4. The summed E-state index contributed by atoms with van der Waals surface area (Å²) in [5.74, 6) is 0.224. The van der Waals surface area contributed by atoms with Gasteiger partial charge in [-0.2, -0.15) is 4.90 Å². The van der Waals surface area contributed by atoms with Gasteiger partial charge >= 0.3 is 24.4 Å². The third-order valence-corrected chi connectivity index (χ3v) is 8.88. The second-order valence-corrected chi connectivity index (χ2v) is 20.4. The molecule has 2 aromatic carbocycles. The van der Waals surface area contributed by atoms with Crippen LogP contribution in [-0.4, -0.2) is 86.0 Å². The van der Waals surface area contributed by atoms with Crippen molar-refractivity contribution in [1.82, 2.24) is 25.2 Å². The number of aryl methyl sites for hydroxylation is 1. The molecule has 0 aliphatic carbocycles. The summed E-state index contributed by atoms with van der Waals surface area (Å²) < 4.78 is 30.2. The normalized spacial score (nSPS) is 12.4. The number of aromatic nitrogens is 3. The molecule has 0 atom stereocenters. The van der Waals surface area contributed by atoms with Crippen LogP contribution in [0.15, 0.2) is 42.5 Å². The van der Waals surface area contributed by atoms with Crippen LogP contribution in [0.2, 0.25) is 0 Å². The highest BCUT2D eigenvalue weighted by Gasteiger charge is 2.37. The van der Waals surface area contributed by atoms with Crippen molar-refractivity contribution >= 4 is 58.1 Å². The highest BCUT2D eigenvalue weighted by molar-refractivity contribution is 6.17. The topological polar surface area (TPSA) is 190 Å². The molecule has 2 heterocycles. The second-order valence-electron chi connectivity index (χ2n) is 20.4. The zero-order valence-electron chi connectivity index (χ0n) is 40.4. The van der Waals surface area contributed by atoms with E-state index in [-0.39, 0.29) is 36.9 Å². The Morgan fingerprint density at radius 2 is 1.25 bits per heavy atom. The first kappa shape index (κ1) is 50.7.